The third-order valence-electron chi connectivity index (χ3n) is 3.59. The first-order valence-corrected chi connectivity index (χ1v) is 8.59. The maximum absolute atomic E-state index is 12.4. The molecule has 106 valence electrons. The second-order valence-electron chi connectivity index (χ2n) is 4.67. The van der Waals surface area contributed by atoms with Gasteiger partial charge < -0.3 is 5.11 Å². The van der Waals surface area contributed by atoms with Crippen molar-refractivity contribution in [3.05, 3.63) is 16.3 Å². The zero-order valence-electron chi connectivity index (χ0n) is 10.7. The van der Waals surface area contributed by atoms with Crippen LogP contribution >= 0.6 is 11.3 Å². The zero-order chi connectivity index (χ0) is 14.0. The van der Waals surface area contributed by atoms with Crippen LogP contribution in [0, 0.1) is 5.92 Å². The molecule has 2 heterocycles. The molecular formula is C12H17NO4S2. The topological polar surface area (TPSA) is 74.7 Å². The predicted octanol–water partition coefficient (Wildman–Crippen LogP) is 2.26. The summed E-state index contributed by atoms with van der Waals surface area (Å²) >= 11 is 0.948. The molecule has 1 N–H and O–H groups in total. The molecule has 0 unspecified atom stereocenters. The van der Waals surface area contributed by atoms with Crippen LogP contribution in [0.1, 0.15) is 35.9 Å². The molecular weight excluding hydrogens is 286 g/mol. The van der Waals surface area contributed by atoms with Gasteiger partial charge in [-0.25, -0.2) is 13.2 Å². The lowest BCUT2D eigenvalue weighted by Gasteiger charge is -2.30. The van der Waals surface area contributed by atoms with Gasteiger partial charge in [0.1, 0.15) is 9.77 Å². The summed E-state index contributed by atoms with van der Waals surface area (Å²) in [5, 5.41) is 10.5. The van der Waals surface area contributed by atoms with Crippen LogP contribution in [0.2, 0.25) is 0 Å². The van der Waals surface area contributed by atoms with E-state index in [0.717, 1.165) is 30.6 Å². The van der Waals surface area contributed by atoms with Crippen molar-refractivity contribution in [1.29, 1.82) is 0 Å². The molecule has 1 fully saturated rings. The molecule has 1 saturated heterocycles. The van der Waals surface area contributed by atoms with Crippen LogP contribution < -0.4 is 0 Å². The quantitative estimate of drug-likeness (QED) is 0.925. The molecule has 1 aliphatic heterocycles. The predicted molar refractivity (Wildman–Crippen MR) is 73.1 cm³/mol. The van der Waals surface area contributed by atoms with Crippen molar-refractivity contribution in [3.8, 4) is 0 Å². The zero-order valence-corrected chi connectivity index (χ0v) is 12.3. The van der Waals surface area contributed by atoms with Crippen molar-refractivity contribution in [2.24, 2.45) is 5.92 Å². The average molecular weight is 303 g/mol. The molecule has 19 heavy (non-hydrogen) atoms. The smallest absolute Gasteiger partial charge is 0.347 e. The van der Waals surface area contributed by atoms with Crippen molar-refractivity contribution < 1.29 is 18.3 Å². The minimum absolute atomic E-state index is 0.0695. The number of carbonyl (C=O) groups is 1. The van der Waals surface area contributed by atoms with Gasteiger partial charge in [0, 0.05) is 13.1 Å². The fourth-order valence-electron chi connectivity index (χ4n) is 2.35. The number of piperidine rings is 1. The van der Waals surface area contributed by atoms with Crippen LogP contribution in [0.25, 0.3) is 0 Å². The van der Waals surface area contributed by atoms with Gasteiger partial charge in [0.25, 0.3) is 0 Å². The molecule has 1 aromatic heterocycles. The summed E-state index contributed by atoms with van der Waals surface area (Å²) in [4.78, 5) is 10.9. The van der Waals surface area contributed by atoms with Crippen molar-refractivity contribution in [1.82, 2.24) is 4.31 Å². The highest BCUT2D eigenvalue weighted by molar-refractivity contribution is 7.89. The second kappa shape index (κ2) is 5.60. The van der Waals surface area contributed by atoms with Crippen LogP contribution in [0.3, 0.4) is 0 Å². The number of sulfonamides is 1. The maximum atomic E-state index is 12.4. The first-order valence-electron chi connectivity index (χ1n) is 6.27. The standard InChI is InChI=1S/C12H17NO4S2/c1-2-9-3-6-13(7-4-9)19(16,17)10-5-8-18-11(10)12(14)15/h5,8-9H,2-4,6-7H2,1H3,(H,14,15). The minimum atomic E-state index is -3.66. The summed E-state index contributed by atoms with van der Waals surface area (Å²) in [6.45, 7) is 3.07. The average Bonchev–Trinajstić information content (AvgIpc) is 2.89. The van der Waals surface area contributed by atoms with Gasteiger partial charge in [0.05, 0.1) is 0 Å². The lowest BCUT2D eigenvalue weighted by molar-refractivity contribution is 0.0698. The van der Waals surface area contributed by atoms with E-state index in [1.165, 1.54) is 15.8 Å². The van der Waals surface area contributed by atoms with Gasteiger partial charge in [-0.15, -0.1) is 11.3 Å². The summed E-state index contributed by atoms with van der Waals surface area (Å²) in [5.41, 5.74) is 0. The lowest BCUT2D eigenvalue weighted by Crippen LogP contribution is -2.38. The Morgan fingerprint density at radius 3 is 2.63 bits per heavy atom. The van der Waals surface area contributed by atoms with Crippen LogP contribution in [0.5, 0.6) is 0 Å². The van der Waals surface area contributed by atoms with Gasteiger partial charge in [0.2, 0.25) is 10.0 Å². The van der Waals surface area contributed by atoms with Gasteiger partial charge in [0.15, 0.2) is 0 Å². The Bertz CT molecular complexity index is 556. The number of rotatable bonds is 4. The normalized spacial score (nSPS) is 18.6. The Morgan fingerprint density at radius 2 is 2.11 bits per heavy atom. The van der Waals surface area contributed by atoms with E-state index >= 15 is 0 Å². The lowest BCUT2D eigenvalue weighted by atomic mass is 9.96. The molecule has 1 aromatic rings. The number of hydrogen-bond donors (Lipinski definition) is 1. The van der Waals surface area contributed by atoms with Gasteiger partial charge in [-0.2, -0.15) is 4.31 Å². The number of thiophene rings is 1. The monoisotopic (exact) mass is 303 g/mol. The number of hydrogen-bond acceptors (Lipinski definition) is 4. The van der Waals surface area contributed by atoms with E-state index in [-0.39, 0.29) is 9.77 Å². The number of carboxylic acid groups (broad SMARTS) is 1. The van der Waals surface area contributed by atoms with Gasteiger partial charge in [-0.1, -0.05) is 13.3 Å². The molecule has 0 saturated carbocycles. The molecule has 0 bridgehead atoms. The van der Waals surface area contributed by atoms with Crippen molar-refractivity contribution in [3.63, 3.8) is 0 Å². The molecule has 0 aromatic carbocycles. The summed E-state index contributed by atoms with van der Waals surface area (Å²) in [6.07, 6.45) is 2.76. The first-order chi connectivity index (χ1) is 8.96. The van der Waals surface area contributed by atoms with Crippen molar-refractivity contribution >= 4 is 27.3 Å². The fourth-order valence-corrected chi connectivity index (χ4v) is 5.06. The number of carboxylic acids is 1. The summed E-state index contributed by atoms with van der Waals surface area (Å²) in [5.74, 6) is -0.607. The van der Waals surface area contributed by atoms with Gasteiger partial charge >= 0.3 is 5.97 Å². The summed E-state index contributed by atoms with van der Waals surface area (Å²) < 4.78 is 26.3. The molecule has 0 spiro atoms. The SMILES string of the molecule is CCC1CCN(S(=O)(=O)c2ccsc2C(=O)O)CC1. The van der Waals surface area contributed by atoms with E-state index in [1.807, 2.05) is 0 Å². The molecule has 2 rings (SSSR count). The number of nitrogens with zero attached hydrogens (tertiary/aromatic N) is 1. The van der Waals surface area contributed by atoms with Gasteiger partial charge in [-0.05, 0) is 30.2 Å². The molecule has 5 nitrogen and oxygen atoms in total. The Morgan fingerprint density at radius 1 is 1.47 bits per heavy atom. The number of aromatic carboxylic acids is 1. The van der Waals surface area contributed by atoms with Crippen LogP contribution in [-0.4, -0.2) is 36.9 Å². The third-order valence-corrected chi connectivity index (χ3v) is 6.56. The van der Waals surface area contributed by atoms with E-state index in [4.69, 9.17) is 5.11 Å². The molecule has 0 aliphatic carbocycles. The Hall–Kier alpha value is -0.920. The highest BCUT2D eigenvalue weighted by Gasteiger charge is 2.32. The molecule has 7 heteroatoms. The van der Waals surface area contributed by atoms with Crippen LogP contribution in [-0.2, 0) is 10.0 Å². The van der Waals surface area contributed by atoms with Crippen LogP contribution in [0.4, 0.5) is 0 Å². The molecule has 0 amide bonds. The summed E-state index contributed by atoms with van der Waals surface area (Å²) in [6, 6.07) is 1.38. The van der Waals surface area contributed by atoms with Crippen molar-refractivity contribution in [2.45, 2.75) is 31.1 Å². The maximum Gasteiger partial charge on any atom is 0.347 e. The van der Waals surface area contributed by atoms with E-state index in [1.54, 1.807) is 0 Å². The largest absolute Gasteiger partial charge is 0.477 e. The first kappa shape index (κ1) is 14.5. The Kier molecular flexibility index (Phi) is 4.27. The third kappa shape index (κ3) is 2.82. The summed E-state index contributed by atoms with van der Waals surface area (Å²) in [7, 11) is -3.66. The van der Waals surface area contributed by atoms with Crippen LogP contribution in [0.15, 0.2) is 16.3 Å². The van der Waals surface area contributed by atoms with E-state index in [0.29, 0.717) is 19.0 Å². The second-order valence-corrected chi connectivity index (χ2v) is 7.50. The molecule has 0 radical (unpaired) electrons. The molecule has 1 aliphatic rings. The van der Waals surface area contributed by atoms with E-state index in [2.05, 4.69) is 6.92 Å². The fraction of sp³-hybridized carbons (Fsp3) is 0.583. The van der Waals surface area contributed by atoms with Crippen molar-refractivity contribution in [2.75, 3.05) is 13.1 Å². The minimum Gasteiger partial charge on any atom is -0.477 e. The van der Waals surface area contributed by atoms with E-state index < -0.39 is 16.0 Å². The molecule has 0 atom stereocenters. The highest BCUT2D eigenvalue weighted by Crippen LogP contribution is 2.29. The van der Waals surface area contributed by atoms with E-state index in [9.17, 15) is 13.2 Å². The Balaban J connectivity index is 2.23. The van der Waals surface area contributed by atoms with Gasteiger partial charge in [-0.3, -0.25) is 0 Å². The highest BCUT2D eigenvalue weighted by atomic mass is 32.2. The Labute approximate surface area is 116 Å².